The largest absolute Gasteiger partial charge is 0.456 e. The van der Waals surface area contributed by atoms with Crippen molar-refractivity contribution in [3.63, 3.8) is 0 Å². The topological polar surface area (TPSA) is 23.0 Å². The zero-order valence-electron chi connectivity index (χ0n) is 29.8. The van der Waals surface area contributed by atoms with E-state index in [1.807, 2.05) is 6.07 Å². The van der Waals surface area contributed by atoms with Gasteiger partial charge in [-0.3, -0.25) is 0 Å². The highest BCUT2D eigenvalue weighted by Crippen LogP contribution is 2.44. The van der Waals surface area contributed by atoms with Crippen molar-refractivity contribution >= 4 is 76.3 Å². The maximum absolute atomic E-state index is 6.45. The van der Waals surface area contributed by atoms with Gasteiger partial charge in [0.05, 0.1) is 27.8 Å². The van der Waals surface area contributed by atoms with Gasteiger partial charge in [-0.15, -0.1) is 0 Å². The summed E-state index contributed by atoms with van der Waals surface area (Å²) >= 11 is 0. The normalized spacial score (nSPS) is 12.0. The van der Waals surface area contributed by atoms with Gasteiger partial charge in [-0.05, 0) is 94.4 Å². The van der Waals surface area contributed by atoms with Gasteiger partial charge >= 0.3 is 0 Å². The molecule has 0 saturated carbocycles. The Bertz CT molecular complexity index is 3470. The summed E-state index contributed by atoms with van der Waals surface area (Å²) < 4.78 is 11.3. The first-order valence-corrected chi connectivity index (χ1v) is 18.8. The molecule has 3 heteroatoms. The third-order valence-corrected chi connectivity index (χ3v) is 11.5. The molecule has 0 bridgehead atoms. The molecular formula is C52H32N2O. The molecule has 3 aromatic heterocycles. The van der Waals surface area contributed by atoms with Gasteiger partial charge in [0, 0.05) is 43.4 Å². The van der Waals surface area contributed by atoms with E-state index in [0.29, 0.717) is 0 Å². The Morgan fingerprint density at radius 1 is 0.309 bits per heavy atom. The zero-order chi connectivity index (χ0) is 36.0. The first kappa shape index (κ1) is 30.1. The smallest absolute Gasteiger partial charge is 0.136 e. The number of para-hydroxylation sites is 2. The molecule has 0 aliphatic carbocycles. The van der Waals surface area contributed by atoms with Crippen molar-refractivity contribution in [3.8, 4) is 33.6 Å². The summed E-state index contributed by atoms with van der Waals surface area (Å²) in [6, 6.07) is 70.2. The lowest BCUT2D eigenvalue weighted by Gasteiger charge is -2.12. The Balaban J connectivity index is 1.09. The number of hydrogen-bond donors (Lipinski definition) is 0. The summed E-state index contributed by atoms with van der Waals surface area (Å²) in [6.07, 6.45) is 0. The highest BCUT2D eigenvalue weighted by atomic mass is 16.3. The average molecular weight is 701 g/mol. The predicted molar refractivity (Wildman–Crippen MR) is 231 cm³/mol. The first-order chi connectivity index (χ1) is 27.3. The van der Waals surface area contributed by atoms with Crippen LogP contribution in [0.25, 0.3) is 110 Å². The van der Waals surface area contributed by atoms with E-state index in [0.717, 1.165) is 27.6 Å². The molecule has 0 spiro atoms. The molecule has 0 aliphatic heterocycles. The lowest BCUT2D eigenvalue weighted by atomic mass is 9.99. The van der Waals surface area contributed by atoms with Gasteiger partial charge in [0.15, 0.2) is 0 Å². The number of aromatic nitrogens is 2. The molecule has 9 aromatic carbocycles. The van der Waals surface area contributed by atoms with Gasteiger partial charge in [0.1, 0.15) is 11.2 Å². The van der Waals surface area contributed by atoms with Crippen LogP contribution in [0.1, 0.15) is 0 Å². The van der Waals surface area contributed by atoms with E-state index in [2.05, 4.69) is 197 Å². The SMILES string of the molecule is c1ccc(-c2ccc(-n3c4ccccc4c4cc(-c5ccc6c(c5)c5c7c(ccc5n6-c5cccc6ccccc56)oc5ccccc57)ccc43)cc2)cc1. The van der Waals surface area contributed by atoms with E-state index >= 15 is 0 Å². The van der Waals surface area contributed by atoms with Gasteiger partial charge in [-0.25, -0.2) is 0 Å². The van der Waals surface area contributed by atoms with E-state index in [-0.39, 0.29) is 0 Å². The summed E-state index contributed by atoms with van der Waals surface area (Å²) in [6.45, 7) is 0. The van der Waals surface area contributed by atoms with E-state index in [1.54, 1.807) is 0 Å². The van der Waals surface area contributed by atoms with E-state index < -0.39 is 0 Å². The minimum Gasteiger partial charge on any atom is -0.456 e. The zero-order valence-corrected chi connectivity index (χ0v) is 29.8. The van der Waals surface area contributed by atoms with Crippen LogP contribution in [0.5, 0.6) is 0 Å². The molecule has 0 radical (unpaired) electrons. The molecule has 0 amide bonds. The number of nitrogens with zero attached hydrogens (tertiary/aromatic N) is 2. The second kappa shape index (κ2) is 11.6. The summed E-state index contributed by atoms with van der Waals surface area (Å²) in [5, 5.41) is 9.64. The molecule has 0 atom stereocenters. The van der Waals surface area contributed by atoms with Crippen LogP contribution in [-0.4, -0.2) is 9.13 Å². The molecule has 0 aliphatic rings. The van der Waals surface area contributed by atoms with E-state index in [4.69, 9.17) is 4.42 Å². The Kier molecular flexibility index (Phi) is 6.34. The quantitative estimate of drug-likeness (QED) is 0.179. The van der Waals surface area contributed by atoms with Crippen LogP contribution < -0.4 is 0 Å². The maximum atomic E-state index is 6.45. The Hall–Kier alpha value is -7.36. The third kappa shape index (κ3) is 4.44. The lowest BCUT2D eigenvalue weighted by Crippen LogP contribution is -1.95. The number of fused-ring (bicyclic) bond motifs is 11. The second-order valence-electron chi connectivity index (χ2n) is 14.5. The molecule has 0 unspecified atom stereocenters. The molecular weight excluding hydrogens is 669 g/mol. The molecule has 3 nitrogen and oxygen atoms in total. The molecule has 12 aromatic rings. The fourth-order valence-corrected chi connectivity index (χ4v) is 9.03. The van der Waals surface area contributed by atoms with Crippen molar-refractivity contribution in [3.05, 3.63) is 194 Å². The highest BCUT2D eigenvalue weighted by Gasteiger charge is 2.21. The van der Waals surface area contributed by atoms with Crippen LogP contribution in [-0.2, 0) is 0 Å². The standard InChI is InChI=1S/C52H32N2O/c1-2-11-33(12-3-1)34-21-25-38(26-22-34)53-45-18-8-6-16-40(45)42-31-36(23-27-46(42)53)37-24-28-47-43(32-37)51-48(29-30-50-52(51)41-17-7-9-20-49(41)55-50)54(47)44-19-10-14-35-13-4-5-15-39(35)44/h1-32H. The highest BCUT2D eigenvalue weighted by molar-refractivity contribution is 6.28. The molecule has 55 heavy (non-hydrogen) atoms. The average Bonchev–Trinajstić information content (AvgIpc) is 3.91. The van der Waals surface area contributed by atoms with Crippen LogP contribution in [0.3, 0.4) is 0 Å². The number of rotatable bonds is 4. The second-order valence-corrected chi connectivity index (χ2v) is 14.5. The van der Waals surface area contributed by atoms with Crippen LogP contribution in [0.2, 0.25) is 0 Å². The van der Waals surface area contributed by atoms with E-state index in [9.17, 15) is 0 Å². The van der Waals surface area contributed by atoms with Crippen LogP contribution in [0.15, 0.2) is 199 Å². The minimum absolute atomic E-state index is 0.905. The van der Waals surface area contributed by atoms with Gasteiger partial charge in [0.25, 0.3) is 0 Å². The summed E-state index contributed by atoms with van der Waals surface area (Å²) in [4.78, 5) is 0. The summed E-state index contributed by atoms with van der Waals surface area (Å²) in [5.41, 5.74) is 13.7. The summed E-state index contributed by atoms with van der Waals surface area (Å²) in [5.74, 6) is 0. The molecule has 256 valence electrons. The Morgan fingerprint density at radius 3 is 1.75 bits per heavy atom. The fourth-order valence-electron chi connectivity index (χ4n) is 9.03. The lowest BCUT2D eigenvalue weighted by molar-refractivity contribution is 0.669. The fraction of sp³-hybridized carbons (Fsp3) is 0. The molecule has 0 fully saturated rings. The van der Waals surface area contributed by atoms with Gasteiger partial charge < -0.3 is 13.6 Å². The number of benzene rings is 9. The van der Waals surface area contributed by atoms with Crippen molar-refractivity contribution in [1.82, 2.24) is 9.13 Å². The Labute approximate surface area is 316 Å². The van der Waals surface area contributed by atoms with Crippen LogP contribution >= 0.6 is 0 Å². The van der Waals surface area contributed by atoms with Gasteiger partial charge in [-0.1, -0.05) is 127 Å². The summed E-state index contributed by atoms with van der Waals surface area (Å²) in [7, 11) is 0. The molecule has 0 N–H and O–H groups in total. The van der Waals surface area contributed by atoms with Crippen molar-refractivity contribution in [2.75, 3.05) is 0 Å². The van der Waals surface area contributed by atoms with Crippen molar-refractivity contribution in [1.29, 1.82) is 0 Å². The molecule has 0 saturated heterocycles. The van der Waals surface area contributed by atoms with E-state index in [1.165, 1.54) is 82.3 Å². The molecule has 3 heterocycles. The molecule has 12 rings (SSSR count). The number of hydrogen-bond acceptors (Lipinski definition) is 1. The van der Waals surface area contributed by atoms with Crippen molar-refractivity contribution in [2.45, 2.75) is 0 Å². The predicted octanol–water partition coefficient (Wildman–Crippen LogP) is 14.3. The third-order valence-electron chi connectivity index (χ3n) is 11.5. The number of furan rings is 1. The first-order valence-electron chi connectivity index (χ1n) is 18.8. The van der Waals surface area contributed by atoms with Gasteiger partial charge in [-0.2, -0.15) is 0 Å². The minimum atomic E-state index is 0.905. The van der Waals surface area contributed by atoms with Crippen molar-refractivity contribution in [2.24, 2.45) is 0 Å². The van der Waals surface area contributed by atoms with Gasteiger partial charge in [0.2, 0.25) is 0 Å². The Morgan fingerprint density at radius 2 is 0.909 bits per heavy atom. The van der Waals surface area contributed by atoms with Crippen LogP contribution in [0.4, 0.5) is 0 Å². The monoisotopic (exact) mass is 700 g/mol. The van der Waals surface area contributed by atoms with Crippen LogP contribution in [0, 0.1) is 0 Å². The maximum Gasteiger partial charge on any atom is 0.136 e. The van der Waals surface area contributed by atoms with Crippen molar-refractivity contribution < 1.29 is 4.42 Å².